The first-order chi connectivity index (χ1) is 19.8. The molecule has 0 spiro atoms. The fourth-order valence-corrected chi connectivity index (χ4v) is 5.13. The molecule has 1 aliphatic rings. The maximum absolute atomic E-state index is 13.7. The molecule has 1 heterocycles. The molecule has 1 aliphatic heterocycles. The second-order valence-electron chi connectivity index (χ2n) is 10.7. The molecule has 1 N–H and O–H groups in total. The lowest BCUT2D eigenvalue weighted by Crippen LogP contribution is -2.47. The van der Waals surface area contributed by atoms with Crippen molar-refractivity contribution in [3.8, 4) is 11.5 Å². The normalized spacial score (nSPS) is 20.3. The Hall–Kier alpha value is -3.88. The van der Waals surface area contributed by atoms with Crippen molar-refractivity contribution < 1.29 is 23.8 Å². The quantitative estimate of drug-likeness (QED) is 0.439. The first-order valence-corrected chi connectivity index (χ1v) is 14.1. The SMILES string of the molecule is COc1cccc(C(=O)Nc2ccc3c(c2)C(=O)N(C)C[C@@H](OC)[C@@H](C)CN(CCc2ccccc2)[C@@H](C)CO3)c1. The van der Waals surface area contributed by atoms with Crippen molar-refractivity contribution in [2.75, 3.05) is 52.8 Å². The van der Waals surface area contributed by atoms with E-state index in [1.807, 2.05) is 6.07 Å². The zero-order valence-electron chi connectivity index (χ0n) is 24.6. The van der Waals surface area contributed by atoms with E-state index in [2.05, 4.69) is 48.3 Å². The third kappa shape index (κ3) is 7.86. The van der Waals surface area contributed by atoms with Crippen molar-refractivity contribution in [2.24, 2.45) is 5.92 Å². The molecule has 8 nitrogen and oxygen atoms in total. The van der Waals surface area contributed by atoms with Crippen LogP contribution < -0.4 is 14.8 Å². The maximum Gasteiger partial charge on any atom is 0.257 e. The fraction of sp³-hybridized carbons (Fsp3) is 0.394. The molecule has 0 radical (unpaired) electrons. The summed E-state index contributed by atoms with van der Waals surface area (Å²) in [7, 11) is 5.03. The minimum atomic E-state index is -0.297. The van der Waals surface area contributed by atoms with Crippen LogP contribution in [0, 0.1) is 5.92 Å². The van der Waals surface area contributed by atoms with Crippen molar-refractivity contribution in [1.82, 2.24) is 9.80 Å². The number of carbonyl (C=O) groups is 2. The molecular formula is C33H41N3O5. The van der Waals surface area contributed by atoms with Gasteiger partial charge in [0.2, 0.25) is 0 Å². The average Bonchev–Trinajstić information content (AvgIpc) is 3.00. The summed E-state index contributed by atoms with van der Waals surface area (Å²) in [5, 5.41) is 2.90. The van der Waals surface area contributed by atoms with Gasteiger partial charge in [-0.15, -0.1) is 0 Å². The number of hydrogen-bond donors (Lipinski definition) is 1. The number of nitrogens with zero attached hydrogens (tertiary/aromatic N) is 2. The number of rotatable bonds is 7. The lowest BCUT2D eigenvalue weighted by molar-refractivity contribution is 0.0109. The van der Waals surface area contributed by atoms with Crippen LogP contribution in [0.15, 0.2) is 72.8 Å². The second-order valence-corrected chi connectivity index (χ2v) is 10.7. The fourth-order valence-electron chi connectivity index (χ4n) is 5.13. The van der Waals surface area contributed by atoms with Crippen molar-refractivity contribution >= 4 is 17.5 Å². The summed E-state index contributed by atoms with van der Waals surface area (Å²) >= 11 is 0. The summed E-state index contributed by atoms with van der Waals surface area (Å²) in [6.45, 7) is 6.87. The van der Waals surface area contributed by atoms with E-state index in [4.69, 9.17) is 14.2 Å². The summed E-state index contributed by atoms with van der Waals surface area (Å²) in [6, 6.07) is 22.7. The van der Waals surface area contributed by atoms with Crippen molar-refractivity contribution in [3.05, 3.63) is 89.5 Å². The Morgan fingerprint density at radius 1 is 1.00 bits per heavy atom. The van der Waals surface area contributed by atoms with Crippen molar-refractivity contribution in [3.63, 3.8) is 0 Å². The molecule has 0 unspecified atom stereocenters. The highest BCUT2D eigenvalue weighted by molar-refractivity contribution is 6.05. The molecule has 3 atom stereocenters. The molecule has 0 aromatic heterocycles. The number of amides is 2. The predicted octanol–water partition coefficient (Wildman–Crippen LogP) is 5.00. The highest BCUT2D eigenvalue weighted by Crippen LogP contribution is 2.27. The van der Waals surface area contributed by atoms with E-state index in [1.54, 1.807) is 68.6 Å². The molecule has 3 aromatic carbocycles. The number of hydrogen-bond acceptors (Lipinski definition) is 6. The lowest BCUT2D eigenvalue weighted by Gasteiger charge is -2.36. The Morgan fingerprint density at radius 2 is 1.78 bits per heavy atom. The minimum absolute atomic E-state index is 0.103. The van der Waals surface area contributed by atoms with Crippen LogP contribution in [-0.2, 0) is 11.2 Å². The third-order valence-corrected chi connectivity index (χ3v) is 7.69. The second kappa shape index (κ2) is 14.1. The van der Waals surface area contributed by atoms with Gasteiger partial charge in [-0.3, -0.25) is 14.5 Å². The molecule has 0 saturated carbocycles. The van der Waals surface area contributed by atoms with E-state index in [-0.39, 0.29) is 29.9 Å². The first kappa shape index (κ1) is 30.1. The number of likely N-dealkylation sites (N-methyl/N-ethyl adjacent to an activating group) is 1. The Balaban J connectivity index is 1.58. The average molecular weight is 560 g/mol. The molecule has 2 amide bonds. The van der Waals surface area contributed by atoms with E-state index in [0.29, 0.717) is 41.5 Å². The first-order valence-electron chi connectivity index (χ1n) is 14.1. The molecule has 218 valence electrons. The van der Waals surface area contributed by atoms with E-state index in [9.17, 15) is 9.59 Å². The Kier molecular flexibility index (Phi) is 10.4. The highest BCUT2D eigenvalue weighted by atomic mass is 16.5. The number of anilines is 1. The van der Waals surface area contributed by atoms with Crippen molar-refractivity contribution in [2.45, 2.75) is 32.4 Å². The molecule has 0 bridgehead atoms. The summed E-state index contributed by atoms with van der Waals surface area (Å²) in [4.78, 5) is 30.7. The van der Waals surface area contributed by atoms with Gasteiger partial charge in [-0.1, -0.05) is 43.3 Å². The highest BCUT2D eigenvalue weighted by Gasteiger charge is 2.28. The smallest absolute Gasteiger partial charge is 0.257 e. The molecule has 8 heteroatoms. The van der Waals surface area contributed by atoms with Crippen LogP contribution in [0.4, 0.5) is 5.69 Å². The zero-order chi connectivity index (χ0) is 29.4. The largest absolute Gasteiger partial charge is 0.497 e. The van der Waals surface area contributed by atoms with E-state index >= 15 is 0 Å². The molecule has 0 aliphatic carbocycles. The minimum Gasteiger partial charge on any atom is -0.497 e. The van der Waals surface area contributed by atoms with Crippen molar-refractivity contribution in [1.29, 1.82) is 0 Å². The third-order valence-electron chi connectivity index (χ3n) is 7.69. The number of ether oxygens (including phenoxy) is 3. The van der Waals surface area contributed by atoms with E-state index in [1.165, 1.54) is 5.56 Å². The lowest BCUT2D eigenvalue weighted by atomic mass is 10.0. The molecule has 0 fully saturated rings. The van der Waals surface area contributed by atoms with Gasteiger partial charge in [-0.25, -0.2) is 0 Å². The van der Waals surface area contributed by atoms with E-state index in [0.717, 1.165) is 19.5 Å². The van der Waals surface area contributed by atoms with Gasteiger partial charge in [0.1, 0.15) is 18.1 Å². The van der Waals surface area contributed by atoms with Crippen LogP contribution in [0.2, 0.25) is 0 Å². The Morgan fingerprint density at radius 3 is 2.51 bits per heavy atom. The summed E-state index contributed by atoms with van der Waals surface area (Å²) in [5.41, 5.74) is 2.64. The summed E-state index contributed by atoms with van der Waals surface area (Å²) < 4.78 is 17.4. The molecule has 0 saturated heterocycles. The van der Waals surface area contributed by atoms with Crippen LogP contribution in [0.3, 0.4) is 0 Å². The van der Waals surface area contributed by atoms with Gasteiger partial charge >= 0.3 is 0 Å². The number of benzene rings is 3. The predicted molar refractivity (Wildman–Crippen MR) is 161 cm³/mol. The number of carbonyl (C=O) groups excluding carboxylic acids is 2. The van der Waals surface area contributed by atoms with E-state index < -0.39 is 0 Å². The number of nitrogens with one attached hydrogen (secondary N) is 1. The van der Waals surface area contributed by atoms with Crippen LogP contribution >= 0.6 is 0 Å². The Labute approximate surface area is 243 Å². The number of fused-ring (bicyclic) bond motifs is 1. The van der Waals surface area contributed by atoms with Gasteiger partial charge in [0.05, 0.1) is 18.8 Å². The number of methoxy groups -OCH3 is 2. The summed E-state index contributed by atoms with van der Waals surface area (Å²) in [5.74, 6) is 0.768. The van der Waals surface area contributed by atoms with Gasteiger partial charge in [0.25, 0.3) is 11.8 Å². The molecular weight excluding hydrogens is 518 g/mol. The standard InChI is InChI=1S/C33H41N3O5/c1-23-20-36(17-16-25-10-7-6-8-11-25)24(2)22-41-30-15-14-27(19-29(30)33(38)35(3)21-31(23)40-5)34-32(37)26-12-9-13-28(18-26)39-4/h6-15,18-19,23-24,31H,16-17,20-22H2,1-5H3,(H,34,37)/t23-,24-,31+/m0/s1. The Bertz CT molecular complexity index is 1320. The topological polar surface area (TPSA) is 80.3 Å². The van der Waals surface area contributed by atoms with Crippen LogP contribution in [0.1, 0.15) is 40.1 Å². The van der Waals surface area contributed by atoms with Gasteiger partial charge in [-0.05, 0) is 61.2 Å². The van der Waals surface area contributed by atoms with Gasteiger partial charge < -0.3 is 24.4 Å². The molecule has 4 rings (SSSR count). The zero-order valence-corrected chi connectivity index (χ0v) is 24.6. The van der Waals surface area contributed by atoms with Crippen LogP contribution in [0.5, 0.6) is 11.5 Å². The molecule has 3 aromatic rings. The van der Waals surface area contributed by atoms with Gasteiger partial charge in [0.15, 0.2) is 0 Å². The molecule has 41 heavy (non-hydrogen) atoms. The van der Waals surface area contributed by atoms with Gasteiger partial charge in [-0.2, -0.15) is 0 Å². The maximum atomic E-state index is 13.7. The van der Waals surface area contributed by atoms with Gasteiger partial charge in [0, 0.05) is 51.1 Å². The summed E-state index contributed by atoms with van der Waals surface area (Å²) in [6.07, 6.45) is 0.788. The van der Waals surface area contributed by atoms with Crippen LogP contribution in [-0.4, -0.2) is 81.3 Å². The monoisotopic (exact) mass is 559 g/mol. The van der Waals surface area contributed by atoms with Crippen LogP contribution in [0.25, 0.3) is 0 Å².